The van der Waals surface area contributed by atoms with Crippen LogP contribution >= 0.6 is 16.1 Å². The maximum absolute atomic E-state index is 18.8. The molecule has 4 aromatic heterocycles. The maximum Gasteiger partial charge on any atom is 0.695 e. The number of carbonyl (C=O) groups is 2. The molecule has 31 heteroatoms. The zero-order valence-corrected chi connectivity index (χ0v) is 51.6. The van der Waals surface area contributed by atoms with Gasteiger partial charge < -0.3 is 33.7 Å². The van der Waals surface area contributed by atoms with E-state index in [1.807, 2.05) is 6.07 Å². The van der Waals surface area contributed by atoms with Crippen LogP contribution in [0.4, 0.5) is 20.5 Å². The van der Waals surface area contributed by atoms with Gasteiger partial charge in [-0.2, -0.15) is 10.2 Å². The van der Waals surface area contributed by atoms with Crippen LogP contribution in [0.25, 0.3) is 22.3 Å². The molecule has 4 unspecified atom stereocenters. The van der Waals surface area contributed by atoms with Crippen LogP contribution in [-0.2, 0) is 51.0 Å². The number of rotatable bonds is 27. The molecule has 6 heterocycles. The first kappa shape index (κ1) is 65.4. The van der Waals surface area contributed by atoms with Crippen LogP contribution in [0.2, 0.25) is 0 Å². The van der Waals surface area contributed by atoms with Gasteiger partial charge in [-0.15, -0.1) is 9.42 Å². The summed E-state index contributed by atoms with van der Waals surface area (Å²) in [4.78, 5) is 73.4. The average molecular weight is 1320 g/mol. The van der Waals surface area contributed by atoms with Crippen LogP contribution in [0.5, 0.6) is 11.5 Å². The largest absolute Gasteiger partial charge is 0.695 e. The van der Waals surface area contributed by atoms with Gasteiger partial charge >= 0.3 is 16.1 Å². The molecule has 482 valence electrons. The Balaban J connectivity index is 1.01. The normalized spacial score (nSPS) is 21.4. The van der Waals surface area contributed by atoms with Crippen molar-refractivity contribution in [3.05, 3.63) is 197 Å². The summed E-state index contributed by atoms with van der Waals surface area (Å²) in [5.41, 5.74) is 1.05. The van der Waals surface area contributed by atoms with Crippen LogP contribution < -0.4 is 25.7 Å². The topological polar surface area (TPSA) is 336 Å². The molecule has 0 spiro atoms. The third-order valence-electron chi connectivity index (χ3n) is 15.0. The summed E-state index contributed by atoms with van der Waals surface area (Å²) in [5, 5.41) is 14.9. The number of amides is 2. The summed E-state index contributed by atoms with van der Waals surface area (Å²) in [6, 6.07) is 41.9. The number of halogens is 2. The van der Waals surface area contributed by atoms with E-state index in [9.17, 15) is 29.1 Å². The van der Waals surface area contributed by atoms with Gasteiger partial charge in [-0.25, -0.2) is 33.3 Å². The number of nitrogens with zero attached hydrogens (tertiary/aromatic N) is 8. The zero-order valence-electron chi connectivity index (χ0n) is 49.9. The van der Waals surface area contributed by atoms with Crippen molar-refractivity contribution in [2.24, 2.45) is 5.92 Å². The maximum atomic E-state index is 18.8. The van der Waals surface area contributed by atoms with Crippen molar-refractivity contribution in [3.63, 3.8) is 0 Å². The first-order chi connectivity index (χ1) is 45.0. The Labute approximate surface area is 529 Å². The van der Waals surface area contributed by atoms with Crippen molar-refractivity contribution < 1.29 is 78.9 Å². The first-order valence-electron chi connectivity index (χ1n) is 28.9. The zero-order chi connectivity index (χ0) is 65.3. The van der Waals surface area contributed by atoms with Gasteiger partial charge in [0.15, 0.2) is 65.3 Å². The molecule has 2 fully saturated rings. The molecule has 2 aliphatic heterocycles. The number of hydrogen-bond acceptors (Lipinski definition) is 21. The molecular weight excluding hydrogens is 1250 g/mol. The molecule has 0 bridgehead atoms. The highest BCUT2D eigenvalue weighted by atomic mass is 31.2. The first-order valence-corrected chi connectivity index (χ1v) is 31.5. The number of imidazole rings is 2. The SMILES string of the molecule is COc1ccc(C(OC(OC(c2ccccc2)c2ccc(OC)cc2)[C@@H]2O[C@@H](n3cnc4c(NC(=O)c5ccccc5)ncnc43)[C@@H](F)[C@@H]2OP(=O)(OCCC#N)OC[C@H]2O[C@@H](n3cnc4c(=O)[nH]c(NC(=O)C(C)C)nc43)[C@H](O[P+](=O)O)[C@@H]2F)c2ccccc2)cc1. The van der Waals surface area contributed by atoms with Crippen molar-refractivity contribution in [2.45, 2.75) is 88.0 Å². The molecule has 5 aromatic carbocycles. The molecule has 4 N–H and O–H groups in total. The van der Waals surface area contributed by atoms with E-state index >= 15 is 13.3 Å². The number of phosphoric ester groups is 1. The monoisotopic (exact) mass is 1310 g/mol. The van der Waals surface area contributed by atoms with Crippen molar-refractivity contribution in [1.82, 2.24) is 39.0 Å². The lowest BCUT2D eigenvalue weighted by Crippen LogP contribution is -2.43. The Kier molecular flexibility index (Phi) is 20.5. The molecule has 11 rings (SSSR count). The molecule has 0 saturated carbocycles. The van der Waals surface area contributed by atoms with E-state index in [1.165, 1.54) is 25.1 Å². The number of carbonyl (C=O) groups excluding carboxylic acids is 2. The summed E-state index contributed by atoms with van der Waals surface area (Å²) in [6.07, 6.45) is -17.6. The fourth-order valence-corrected chi connectivity index (χ4v) is 12.2. The Hall–Kier alpha value is -9.14. The summed E-state index contributed by atoms with van der Waals surface area (Å²) >= 11 is 0. The van der Waals surface area contributed by atoms with Crippen molar-refractivity contribution in [3.8, 4) is 17.6 Å². The second-order valence-electron chi connectivity index (χ2n) is 21.3. The van der Waals surface area contributed by atoms with Crippen LogP contribution in [0.1, 0.15) is 77.5 Å². The number of H-pyrrole nitrogens is 1. The molecule has 0 radical (unpaired) electrons. The third kappa shape index (κ3) is 14.7. The quantitative estimate of drug-likeness (QED) is 0.0211. The smallest absolute Gasteiger partial charge is 0.497 e. The number of benzene rings is 5. The molecule has 27 nitrogen and oxygen atoms in total. The Morgan fingerprint density at radius 1 is 0.731 bits per heavy atom. The third-order valence-corrected chi connectivity index (χ3v) is 16.9. The fourth-order valence-electron chi connectivity index (χ4n) is 10.4. The Morgan fingerprint density at radius 2 is 1.30 bits per heavy atom. The van der Waals surface area contributed by atoms with Gasteiger partial charge in [-0.1, -0.05) is 117 Å². The number of aromatic amines is 1. The summed E-state index contributed by atoms with van der Waals surface area (Å²) in [6.45, 7) is 1.42. The van der Waals surface area contributed by atoms with Gasteiger partial charge in [0.2, 0.25) is 11.9 Å². The van der Waals surface area contributed by atoms with E-state index in [0.717, 1.165) is 17.2 Å². The molecule has 93 heavy (non-hydrogen) atoms. The predicted molar refractivity (Wildman–Crippen MR) is 327 cm³/mol. The Bertz CT molecular complexity index is 4140. The van der Waals surface area contributed by atoms with Gasteiger partial charge in [0.25, 0.3) is 11.5 Å². The second kappa shape index (κ2) is 29.2. The molecular formula is C62H60F2N11O16P2+. The highest BCUT2D eigenvalue weighted by molar-refractivity contribution is 7.48. The van der Waals surface area contributed by atoms with Crippen LogP contribution in [-0.4, -0.2) is 126 Å². The number of fused-ring (bicyclic) bond motifs is 2. The minimum absolute atomic E-state index is 0.00281. The molecule has 9 aromatic rings. The number of aromatic nitrogens is 8. The van der Waals surface area contributed by atoms with Crippen LogP contribution in [0, 0.1) is 17.2 Å². The number of anilines is 2. The number of ether oxygens (including phenoxy) is 6. The molecule has 2 saturated heterocycles. The van der Waals surface area contributed by atoms with E-state index in [2.05, 4.69) is 40.5 Å². The van der Waals surface area contributed by atoms with Gasteiger partial charge in [-0.3, -0.25) is 47.4 Å². The lowest BCUT2D eigenvalue weighted by atomic mass is 10.00. The number of hydrogen-bond donors (Lipinski definition) is 4. The van der Waals surface area contributed by atoms with Crippen LogP contribution in [0.15, 0.2) is 163 Å². The minimum Gasteiger partial charge on any atom is -0.497 e. The van der Waals surface area contributed by atoms with Crippen molar-refractivity contribution >= 4 is 62.0 Å². The number of nitrogens with one attached hydrogen (secondary N) is 3. The van der Waals surface area contributed by atoms with E-state index in [0.29, 0.717) is 33.8 Å². The molecule has 2 amide bonds. The van der Waals surface area contributed by atoms with Crippen LogP contribution in [0.3, 0.4) is 0 Å². The number of alkyl halides is 2. The van der Waals surface area contributed by atoms with E-state index in [-0.39, 0.29) is 39.7 Å². The summed E-state index contributed by atoms with van der Waals surface area (Å²) < 4.78 is 128. The van der Waals surface area contributed by atoms with Gasteiger partial charge in [0.05, 0.1) is 52.6 Å². The van der Waals surface area contributed by atoms with Crippen molar-refractivity contribution in [1.29, 1.82) is 5.26 Å². The number of nitriles is 1. The average Bonchev–Trinajstić information content (AvgIpc) is 1.69. The van der Waals surface area contributed by atoms with E-state index in [4.69, 9.17) is 46.5 Å². The molecule has 2 aliphatic rings. The van der Waals surface area contributed by atoms with E-state index < -0.39 is 127 Å². The van der Waals surface area contributed by atoms with Gasteiger partial charge in [0.1, 0.15) is 48.3 Å². The number of methoxy groups -OCH3 is 2. The van der Waals surface area contributed by atoms with Gasteiger partial charge in [0, 0.05) is 16.0 Å². The second-order valence-corrected chi connectivity index (χ2v) is 23.6. The Morgan fingerprint density at radius 3 is 1.87 bits per heavy atom. The summed E-state index contributed by atoms with van der Waals surface area (Å²) in [5.74, 6) is -0.964. The van der Waals surface area contributed by atoms with E-state index in [1.54, 1.807) is 153 Å². The lowest BCUT2D eigenvalue weighted by Gasteiger charge is -2.35. The molecule has 12 atom stereocenters. The highest BCUT2D eigenvalue weighted by Gasteiger charge is 2.57. The molecule has 0 aliphatic carbocycles. The minimum atomic E-state index is -5.44. The lowest BCUT2D eigenvalue weighted by molar-refractivity contribution is -0.246. The number of phosphoric acid groups is 1. The predicted octanol–water partition coefficient (Wildman–Crippen LogP) is 9.71. The highest BCUT2D eigenvalue weighted by Crippen LogP contribution is 2.56. The fraction of sp³-hybridized carbons (Fsp3) is 0.306. The van der Waals surface area contributed by atoms with Crippen molar-refractivity contribution in [2.75, 3.05) is 38.1 Å². The van der Waals surface area contributed by atoms with Gasteiger partial charge in [-0.05, 0) is 58.7 Å². The standard InChI is InChI=1S/C62H59F2N11O16P2/c1-35(2)56(76)72-62-71-55-47(58(78)73-62)69-34-75(55)60-51(90-92(79)80)44(63)43(86-60)31-85-93(81,84-30-14-29-65)91-50-45(64)59(74-33-68-46-53(66-32-67-54(46)74)70-57(77)40-19-12-7-13-20-40)87-52(50)61(88-48(36-15-8-5-9-16-36)38-21-25-41(82-3)26-22-38)89-49(37-17-10-6-11-18-37)39-23-27-42(83-4)28-24-39/h5-13,15-28,32-35,43-45,48-52,59-61H,14,30-31H2,1-4H3,(H3-,66,67,70,71,72,73,76,77,78,79,80)/p+1/t43-,44-,45+,48?,49?,50+,51-,52-,59-,60-,61?,93?/m1/s1. The summed E-state index contributed by atoms with van der Waals surface area (Å²) in [7, 11) is -5.99.